The normalized spacial score (nSPS) is 24.5. The topological polar surface area (TPSA) is 9.23 Å². The SMILES string of the molecule is CC1CC[C@@H]2C[C@H](c3ccc(-c4cc(F)c(OCc5ccccc5)c(F)c4)c(F)c3)CC[C@@H]2C1. The maximum atomic E-state index is 15.1. The van der Waals surface area contributed by atoms with Crippen molar-refractivity contribution in [2.75, 3.05) is 0 Å². The van der Waals surface area contributed by atoms with E-state index in [4.69, 9.17) is 4.74 Å². The fraction of sp³-hybridized carbons (Fsp3) is 0.400. The third-order valence-corrected chi connectivity index (χ3v) is 7.88. The molecule has 0 N–H and O–H groups in total. The highest BCUT2D eigenvalue weighted by Crippen LogP contribution is 2.47. The number of hydrogen-bond donors (Lipinski definition) is 0. The van der Waals surface area contributed by atoms with Gasteiger partial charge in [-0.1, -0.05) is 55.8 Å². The second-order valence-corrected chi connectivity index (χ2v) is 10.2. The molecule has 3 aromatic carbocycles. The Balaban J connectivity index is 1.31. The Morgan fingerprint density at radius 2 is 1.47 bits per heavy atom. The summed E-state index contributed by atoms with van der Waals surface area (Å²) in [7, 11) is 0. The van der Waals surface area contributed by atoms with Crippen molar-refractivity contribution in [3.8, 4) is 16.9 Å². The zero-order chi connectivity index (χ0) is 23.7. The summed E-state index contributed by atoms with van der Waals surface area (Å²) in [5.74, 6) is 0.197. The molecular weight excluding hydrogens is 433 g/mol. The van der Waals surface area contributed by atoms with E-state index >= 15 is 4.39 Å². The molecule has 2 aliphatic rings. The molecule has 0 spiro atoms. The number of halogens is 3. The molecule has 4 atom stereocenters. The van der Waals surface area contributed by atoms with E-state index in [-0.39, 0.29) is 17.7 Å². The molecule has 4 heteroatoms. The lowest BCUT2D eigenvalue weighted by atomic mass is 9.64. The molecule has 0 amide bonds. The van der Waals surface area contributed by atoms with Crippen molar-refractivity contribution in [3.63, 3.8) is 0 Å². The number of fused-ring (bicyclic) bond motifs is 1. The summed E-state index contributed by atoms with van der Waals surface area (Å²) >= 11 is 0. The Hall–Kier alpha value is -2.75. The van der Waals surface area contributed by atoms with Crippen LogP contribution in [0.25, 0.3) is 11.1 Å². The van der Waals surface area contributed by atoms with Gasteiger partial charge in [-0.25, -0.2) is 13.2 Å². The highest BCUT2D eigenvalue weighted by molar-refractivity contribution is 5.66. The van der Waals surface area contributed by atoms with Crippen LogP contribution in [0.4, 0.5) is 13.2 Å². The van der Waals surface area contributed by atoms with Crippen LogP contribution in [0.15, 0.2) is 60.7 Å². The van der Waals surface area contributed by atoms with E-state index in [0.717, 1.165) is 53.9 Å². The van der Waals surface area contributed by atoms with E-state index in [9.17, 15) is 8.78 Å². The van der Waals surface area contributed by atoms with Crippen molar-refractivity contribution in [3.05, 3.63) is 89.2 Å². The first kappa shape index (κ1) is 23.0. The number of hydrogen-bond acceptors (Lipinski definition) is 1. The predicted molar refractivity (Wildman–Crippen MR) is 129 cm³/mol. The molecular formula is C30H31F3O. The van der Waals surface area contributed by atoms with Crippen LogP contribution in [0, 0.1) is 35.2 Å². The van der Waals surface area contributed by atoms with Crippen LogP contribution < -0.4 is 4.74 Å². The summed E-state index contributed by atoms with van der Waals surface area (Å²) in [6.45, 7) is 2.41. The van der Waals surface area contributed by atoms with E-state index < -0.39 is 23.2 Å². The molecule has 3 aromatic rings. The van der Waals surface area contributed by atoms with Crippen molar-refractivity contribution in [2.24, 2.45) is 17.8 Å². The van der Waals surface area contributed by atoms with Crippen molar-refractivity contribution in [1.29, 1.82) is 0 Å². The van der Waals surface area contributed by atoms with Gasteiger partial charge < -0.3 is 4.74 Å². The maximum absolute atomic E-state index is 15.1. The van der Waals surface area contributed by atoms with E-state index in [1.807, 2.05) is 36.4 Å². The van der Waals surface area contributed by atoms with E-state index in [2.05, 4.69) is 6.92 Å². The molecule has 0 bridgehead atoms. The Morgan fingerprint density at radius 1 is 0.765 bits per heavy atom. The highest BCUT2D eigenvalue weighted by atomic mass is 19.1. The Bertz CT molecular complexity index is 1120. The van der Waals surface area contributed by atoms with Gasteiger partial charge in [0.25, 0.3) is 0 Å². The summed E-state index contributed by atoms with van der Waals surface area (Å²) in [5.41, 5.74) is 2.19. The number of ether oxygens (including phenoxy) is 1. The number of benzene rings is 3. The van der Waals surface area contributed by atoms with E-state index in [1.54, 1.807) is 12.1 Å². The fourth-order valence-electron chi connectivity index (χ4n) is 6.03. The lowest BCUT2D eigenvalue weighted by Crippen LogP contribution is -2.29. The highest BCUT2D eigenvalue weighted by Gasteiger charge is 2.35. The molecule has 34 heavy (non-hydrogen) atoms. The average Bonchev–Trinajstić information content (AvgIpc) is 2.83. The second-order valence-electron chi connectivity index (χ2n) is 10.2. The Morgan fingerprint density at radius 3 is 2.21 bits per heavy atom. The molecule has 2 aliphatic carbocycles. The van der Waals surface area contributed by atoms with Crippen molar-refractivity contribution in [1.82, 2.24) is 0 Å². The zero-order valence-corrected chi connectivity index (χ0v) is 19.6. The van der Waals surface area contributed by atoms with Gasteiger partial charge in [0.2, 0.25) is 0 Å². The maximum Gasteiger partial charge on any atom is 0.191 e. The third-order valence-electron chi connectivity index (χ3n) is 7.88. The first-order valence-corrected chi connectivity index (χ1v) is 12.4. The Labute approximate surface area is 200 Å². The Kier molecular flexibility index (Phi) is 6.67. The van der Waals surface area contributed by atoms with Gasteiger partial charge in [0.05, 0.1) is 0 Å². The summed E-state index contributed by atoms with van der Waals surface area (Å²) < 4.78 is 49.9. The minimum Gasteiger partial charge on any atom is -0.483 e. The van der Waals surface area contributed by atoms with Crippen LogP contribution in [0.5, 0.6) is 5.75 Å². The zero-order valence-electron chi connectivity index (χ0n) is 19.6. The molecule has 0 radical (unpaired) electrons. The van der Waals surface area contributed by atoms with Gasteiger partial charge in [0, 0.05) is 5.56 Å². The second kappa shape index (κ2) is 9.85. The molecule has 0 heterocycles. The van der Waals surface area contributed by atoms with Crippen LogP contribution in [0.1, 0.15) is 62.5 Å². The molecule has 0 aromatic heterocycles. The standard InChI is InChI=1S/C30H31F3O/c1-19-7-8-22-14-23(10-9-21(22)13-19)24-11-12-26(27(31)15-24)25-16-28(32)30(29(33)17-25)34-18-20-5-3-2-4-6-20/h2-6,11-12,15-17,19,21-23H,7-10,13-14,18H2,1H3/t19?,21-,22-,23-/m1/s1. The molecule has 5 rings (SSSR count). The van der Waals surface area contributed by atoms with Crippen LogP contribution in [0.3, 0.4) is 0 Å². The monoisotopic (exact) mass is 464 g/mol. The molecule has 0 saturated heterocycles. The van der Waals surface area contributed by atoms with Gasteiger partial charge in [-0.2, -0.15) is 0 Å². The van der Waals surface area contributed by atoms with Gasteiger partial charge >= 0.3 is 0 Å². The molecule has 1 nitrogen and oxygen atoms in total. The number of rotatable bonds is 5. The minimum atomic E-state index is -0.834. The van der Waals surface area contributed by atoms with Crippen molar-refractivity contribution in [2.45, 2.75) is 58.0 Å². The van der Waals surface area contributed by atoms with Gasteiger partial charge in [-0.3, -0.25) is 0 Å². The van der Waals surface area contributed by atoms with Gasteiger partial charge in [0.1, 0.15) is 12.4 Å². The molecule has 2 saturated carbocycles. The average molecular weight is 465 g/mol. The molecule has 1 unspecified atom stereocenters. The van der Waals surface area contributed by atoms with E-state index in [1.165, 1.54) is 25.7 Å². The molecule has 178 valence electrons. The first-order valence-electron chi connectivity index (χ1n) is 12.4. The largest absolute Gasteiger partial charge is 0.483 e. The van der Waals surface area contributed by atoms with Crippen LogP contribution in [-0.4, -0.2) is 0 Å². The smallest absolute Gasteiger partial charge is 0.191 e. The van der Waals surface area contributed by atoms with Crippen molar-refractivity contribution >= 4 is 0 Å². The quantitative estimate of drug-likeness (QED) is 0.367. The van der Waals surface area contributed by atoms with E-state index in [0.29, 0.717) is 5.92 Å². The van der Waals surface area contributed by atoms with Crippen LogP contribution >= 0.6 is 0 Å². The van der Waals surface area contributed by atoms with Crippen LogP contribution in [0.2, 0.25) is 0 Å². The lowest BCUT2D eigenvalue weighted by molar-refractivity contribution is 0.124. The van der Waals surface area contributed by atoms with Gasteiger partial charge in [-0.05, 0) is 90.7 Å². The minimum absolute atomic E-state index is 0.0548. The van der Waals surface area contributed by atoms with Gasteiger partial charge in [0.15, 0.2) is 17.4 Å². The lowest BCUT2D eigenvalue weighted by Gasteiger charge is -2.41. The van der Waals surface area contributed by atoms with Gasteiger partial charge in [-0.15, -0.1) is 0 Å². The van der Waals surface area contributed by atoms with Crippen LogP contribution in [-0.2, 0) is 6.61 Å². The predicted octanol–water partition coefficient (Wildman–Crippen LogP) is 8.67. The molecule has 0 aliphatic heterocycles. The first-order chi connectivity index (χ1) is 16.5. The fourth-order valence-corrected chi connectivity index (χ4v) is 6.03. The summed E-state index contributed by atoms with van der Waals surface area (Å²) in [5, 5.41) is 0. The summed E-state index contributed by atoms with van der Waals surface area (Å²) in [6, 6.07) is 16.6. The summed E-state index contributed by atoms with van der Waals surface area (Å²) in [6.07, 6.45) is 7.32. The molecule has 2 fully saturated rings. The van der Waals surface area contributed by atoms with Crippen molar-refractivity contribution < 1.29 is 17.9 Å². The third kappa shape index (κ3) is 4.87. The summed E-state index contributed by atoms with van der Waals surface area (Å²) in [4.78, 5) is 0.